The first-order chi connectivity index (χ1) is 27.2. The van der Waals surface area contributed by atoms with E-state index in [1.54, 1.807) is 21.6 Å². The van der Waals surface area contributed by atoms with Crippen molar-refractivity contribution in [2.75, 3.05) is 48.3 Å². The van der Waals surface area contributed by atoms with E-state index in [9.17, 15) is 19.5 Å². The van der Waals surface area contributed by atoms with Crippen LogP contribution in [0, 0.1) is 0 Å². The summed E-state index contributed by atoms with van der Waals surface area (Å²) in [6.07, 6.45) is 8.00. The van der Waals surface area contributed by atoms with E-state index in [4.69, 9.17) is 9.97 Å². The van der Waals surface area contributed by atoms with Gasteiger partial charge in [-0.1, -0.05) is 31.2 Å². The molecule has 5 heterocycles. The van der Waals surface area contributed by atoms with Crippen molar-refractivity contribution >= 4 is 45.9 Å². The first kappa shape index (κ1) is 37.1. The molecule has 2 saturated heterocycles. The molecule has 2 fully saturated rings. The maximum Gasteiger partial charge on any atom is 0.278 e. The number of hydrogen-bond donors (Lipinski definition) is 4. The average molecular weight is 757 g/mol. The Morgan fingerprint density at radius 2 is 1.77 bits per heavy atom. The van der Waals surface area contributed by atoms with Gasteiger partial charge in [-0.05, 0) is 98.7 Å². The number of hydrogen-bond acceptors (Lipinski definition) is 11. The van der Waals surface area contributed by atoms with E-state index in [0.29, 0.717) is 54.2 Å². The summed E-state index contributed by atoms with van der Waals surface area (Å²) in [5, 5.41) is 20.6. The lowest BCUT2D eigenvalue weighted by Crippen LogP contribution is -2.47. The molecule has 5 aromatic rings. The summed E-state index contributed by atoms with van der Waals surface area (Å²) in [4.78, 5) is 56.2. The zero-order valence-electron chi connectivity index (χ0n) is 31.7. The number of pyridine rings is 1. The van der Waals surface area contributed by atoms with Crippen LogP contribution in [-0.2, 0) is 34.6 Å². The van der Waals surface area contributed by atoms with Gasteiger partial charge in [0.25, 0.3) is 5.56 Å². The van der Waals surface area contributed by atoms with Crippen LogP contribution in [0.3, 0.4) is 0 Å². The van der Waals surface area contributed by atoms with Crippen LogP contribution in [0.2, 0.25) is 0 Å². The molecule has 56 heavy (non-hydrogen) atoms. The smallest absolute Gasteiger partial charge is 0.278 e. The SMILES string of the molecule is C=CCn1c(=O)c2cnc(Nc3ccc(CCN4CCCN(c5ccc(NC6CCC(=O)NC6=O)cc5)CC4)cc3)nc2n1-c1ccc2c(n1)[C@@](O)(CC)CC2. The zero-order valence-corrected chi connectivity index (χ0v) is 31.7. The van der Waals surface area contributed by atoms with Crippen molar-refractivity contribution in [2.24, 2.45) is 0 Å². The number of aromatic nitrogens is 5. The van der Waals surface area contributed by atoms with Gasteiger partial charge in [-0.25, -0.2) is 19.3 Å². The number of aliphatic hydroxyl groups is 1. The topological polar surface area (TPSA) is 163 Å². The summed E-state index contributed by atoms with van der Waals surface area (Å²) in [6.45, 7) is 10.9. The van der Waals surface area contributed by atoms with Crippen molar-refractivity contribution in [3.63, 3.8) is 0 Å². The number of fused-ring (bicyclic) bond motifs is 2. The predicted octanol–water partition coefficient (Wildman–Crippen LogP) is 4.42. The van der Waals surface area contributed by atoms with Gasteiger partial charge in [-0.3, -0.25) is 19.7 Å². The summed E-state index contributed by atoms with van der Waals surface area (Å²) >= 11 is 0. The molecule has 4 N–H and O–H groups in total. The van der Waals surface area contributed by atoms with Gasteiger partial charge in [0.05, 0.1) is 12.2 Å². The molecular formula is C42H48N10O4. The minimum absolute atomic E-state index is 0.213. The molecule has 2 aromatic carbocycles. The number of anilines is 4. The first-order valence-corrected chi connectivity index (χ1v) is 19.6. The van der Waals surface area contributed by atoms with Gasteiger partial charge in [0.1, 0.15) is 17.0 Å². The molecule has 2 atom stereocenters. The van der Waals surface area contributed by atoms with Gasteiger partial charge in [0.2, 0.25) is 17.8 Å². The average Bonchev–Trinajstić information content (AvgIpc) is 3.55. The van der Waals surface area contributed by atoms with Crippen molar-refractivity contribution in [1.82, 2.24) is 34.5 Å². The Balaban J connectivity index is 0.888. The fraction of sp³-hybridized carbons (Fsp3) is 0.381. The fourth-order valence-electron chi connectivity index (χ4n) is 8.04. The number of amides is 2. The zero-order chi connectivity index (χ0) is 38.8. The highest BCUT2D eigenvalue weighted by molar-refractivity contribution is 6.01. The van der Waals surface area contributed by atoms with Crippen LogP contribution in [0.25, 0.3) is 16.9 Å². The van der Waals surface area contributed by atoms with E-state index in [1.165, 1.54) is 5.56 Å². The van der Waals surface area contributed by atoms with E-state index in [2.05, 4.69) is 61.6 Å². The van der Waals surface area contributed by atoms with Gasteiger partial charge in [0, 0.05) is 55.9 Å². The molecule has 1 aliphatic carbocycles. The van der Waals surface area contributed by atoms with Crippen LogP contribution in [0.15, 0.2) is 84.3 Å². The standard InChI is InChI=1S/C42H48N10O4/c1-3-21-51-40(55)33-27-43-41(48-38(33)52(51)35-16-8-29-18-20-42(56,4-2)37(29)46-35)45-31-9-6-28(7-10-31)19-24-49-22-5-23-50(26-25-49)32-13-11-30(12-14-32)44-34-15-17-36(53)47-39(34)54/h3,6-14,16,27,34,44,56H,1,4-5,15,17-26H2,2H3,(H,43,45,48)(H,47,53,54)/t34?,42-/m1/s1. The highest BCUT2D eigenvalue weighted by Crippen LogP contribution is 2.38. The summed E-state index contributed by atoms with van der Waals surface area (Å²) in [7, 11) is 0. The Morgan fingerprint density at radius 3 is 2.54 bits per heavy atom. The van der Waals surface area contributed by atoms with Gasteiger partial charge in [-0.2, -0.15) is 4.98 Å². The summed E-state index contributed by atoms with van der Waals surface area (Å²) < 4.78 is 3.25. The number of nitrogens with zero attached hydrogens (tertiary/aromatic N) is 7. The van der Waals surface area contributed by atoms with E-state index in [1.807, 2.05) is 43.3 Å². The van der Waals surface area contributed by atoms with Crippen molar-refractivity contribution in [3.05, 3.63) is 107 Å². The third-order valence-corrected chi connectivity index (χ3v) is 11.3. The quantitative estimate of drug-likeness (QED) is 0.105. The summed E-state index contributed by atoms with van der Waals surface area (Å²) in [6, 6.07) is 20.0. The number of benzene rings is 2. The van der Waals surface area contributed by atoms with Gasteiger partial charge >= 0.3 is 0 Å². The van der Waals surface area contributed by atoms with Crippen molar-refractivity contribution in [2.45, 2.75) is 70.1 Å². The molecule has 8 rings (SSSR count). The maximum absolute atomic E-state index is 13.5. The number of piperidine rings is 1. The monoisotopic (exact) mass is 756 g/mol. The third kappa shape index (κ3) is 7.54. The Kier molecular flexibility index (Phi) is 10.4. The molecule has 14 heteroatoms. The second kappa shape index (κ2) is 15.7. The van der Waals surface area contributed by atoms with E-state index < -0.39 is 11.6 Å². The number of carbonyl (C=O) groups is 2. The lowest BCUT2D eigenvalue weighted by molar-refractivity contribution is -0.133. The van der Waals surface area contributed by atoms with E-state index in [0.717, 1.165) is 74.6 Å². The van der Waals surface area contributed by atoms with E-state index in [-0.39, 0.29) is 23.9 Å². The molecule has 14 nitrogen and oxygen atoms in total. The molecule has 1 unspecified atom stereocenters. The molecule has 0 bridgehead atoms. The first-order valence-electron chi connectivity index (χ1n) is 19.6. The minimum atomic E-state index is -0.990. The number of allylic oxidation sites excluding steroid dienone is 1. The van der Waals surface area contributed by atoms with Crippen molar-refractivity contribution in [1.29, 1.82) is 0 Å². The summed E-state index contributed by atoms with van der Waals surface area (Å²) in [5.41, 5.74) is 4.97. The van der Waals surface area contributed by atoms with Crippen LogP contribution < -0.4 is 26.4 Å². The van der Waals surface area contributed by atoms with Gasteiger partial charge < -0.3 is 25.5 Å². The number of rotatable bonds is 12. The third-order valence-electron chi connectivity index (χ3n) is 11.3. The minimum Gasteiger partial charge on any atom is -0.384 e. The number of nitrogens with one attached hydrogen (secondary N) is 3. The number of carbonyl (C=O) groups excluding carboxylic acids is 2. The molecule has 0 radical (unpaired) electrons. The van der Waals surface area contributed by atoms with Crippen LogP contribution >= 0.6 is 0 Å². The van der Waals surface area contributed by atoms with Gasteiger partial charge in [0.15, 0.2) is 11.5 Å². The second-order valence-electron chi connectivity index (χ2n) is 14.9. The van der Waals surface area contributed by atoms with Crippen molar-refractivity contribution < 1.29 is 14.7 Å². The Labute approximate surface area is 325 Å². The maximum atomic E-state index is 13.5. The molecule has 0 saturated carbocycles. The highest BCUT2D eigenvalue weighted by Gasteiger charge is 2.37. The number of imide groups is 1. The molecule has 0 spiro atoms. The molecule has 2 aliphatic heterocycles. The van der Waals surface area contributed by atoms with E-state index >= 15 is 0 Å². The Morgan fingerprint density at radius 1 is 0.964 bits per heavy atom. The Bertz CT molecular complexity index is 2320. The predicted molar refractivity (Wildman–Crippen MR) is 217 cm³/mol. The normalized spacial score (nSPS) is 20.1. The molecule has 3 aromatic heterocycles. The van der Waals surface area contributed by atoms with Crippen molar-refractivity contribution in [3.8, 4) is 5.82 Å². The fourth-order valence-corrected chi connectivity index (χ4v) is 8.04. The van der Waals surface area contributed by atoms with Crippen LogP contribution in [0.5, 0.6) is 0 Å². The largest absolute Gasteiger partial charge is 0.384 e. The highest BCUT2D eigenvalue weighted by atomic mass is 16.3. The Hall–Kier alpha value is -5.86. The summed E-state index contributed by atoms with van der Waals surface area (Å²) in [5.74, 6) is 0.383. The van der Waals surface area contributed by atoms with Gasteiger partial charge in [-0.15, -0.1) is 6.58 Å². The molecule has 3 aliphatic rings. The van der Waals surface area contributed by atoms with Crippen LogP contribution in [0.4, 0.5) is 23.0 Å². The lowest BCUT2D eigenvalue weighted by atomic mass is 9.98. The lowest BCUT2D eigenvalue weighted by Gasteiger charge is -2.25. The molecule has 290 valence electrons. The van der Waals surface area contributed by atoms with Crippen LogP contribution in [0.1, 0.15) is 55.8 Å². The van der Waals surface area contributed by atoms with Crippen LogP contribution in [-0.4, -0.2) is 84.9 Å². The number of aryl methyl sites for hydroxylation is 1. The second-order valence-corrected chi connectivity index (χ2v) is 14.9. The molecular weight excluding hydrogens is 709 g/mol. The molecule has 2 amide bonds.